The fraction of sp³-hybridized carbons (Fsp3) is 0.0750. The summed E-state index contributed by atoms with van der Waals surface area (Å²) in [5.41, 5.74) is 6.69. The monoisotopic (exact) mass is 682 g/mol. The summed E-state index contributed by atoms with van der Waals surface area (Å²) < 4.78 is 11.7. The lowest BCUT2D eigenvalue weighted by Gasteiger charge is -2.09. The van der Waals surface area contributed by atoms with Gasteiger partial charge in [0.1, 0.15) is 17.0 Å². The quantitative estimate of drug-likeness (QED) is 0.0542. The molecule has 0 saturated heterocycles. The summed E-state index contributed by atoms with van der Waals surface area (Å²) in [5, 5.41) is 35.6. The molecule has 4 aromatic heterocycles. The number of aliphatic carboxylic acids is 1. The topological polar surface area (TPSA) is 162 Å². The number of para-hydroxylation sites is 2. The van der Waals surface area contributed by atoms with E-state index in [0.717, 1.165) is 78.2 Å². The maximum Gasteiger partial charge on any atom is 0.300 e. The lowest BCUT2D eigenvalue weighted by atomic mass is 10.1. The first-order valence-corrected chi connectivity index (χ1v) is 15.6. The third-order valence-corrected chi connectivity index (χ3v) is 7.78. The zero-order chi connectivity index (χ0) is 36.3. The highest BCUT2D eigenvalue weighted by molar-refractivity contribution is 6.03. The Morgan fingerprint density at radius 2 is 1.06 bits per heavy atom. The first-order chi connectivity index (χ1) is 24.9. The molecule has 8 aromatic rings. The second kappa shape index (κ2) is 16.6. The number of carbonyl (C=O) groups is 1. The Kier molecular flexibility index (Phi) is 11.6. The van der Waals surface area contributed by atoms with Crippen LogP contribution >= 0.6 is 0 Å². The number of carboxylic acids is 1. The van der Waals surface area contributed by atoms with E-state index >= 15 is 0 Å². The SMILES string of the molecule is CC(=O)O.COc1ccccc1-c1ccc2ccc3ccc[n+]([O-])c3c2n1.COc1ccccc1-c1ccc2ccc3cccnc3c2n1.OO. The predicted octanol–water partition coefficient (Wildman–Crippen LogP) is 8.26. The molecule has 0 aliphatic heterocycles. The fourth-order valence-electron chi connectivity index (χ4n) is 5.59. The molecule has 0 unspecified atom stereocenters. The van der Waals surface area contributed by atoms with E-state index in [2.05, 4.69) is 29.2 Å². The van der Waals surface area contributed by atoms with Gasteiger partial charge in [0.2, 0.25) is 5.52 Å². The first kappa shape index (κ1) is 35.6. The summed E-state index contributed by atoms with van der Waals surface area (Å²) in [7, 11) is 3.32. The summed E-state index contributed by atoms with van der Waals surface area (Å²) in [5.74, 6) is 0.747. The van der Waals surface area contributed by atoms with Gasteiger partial charge in [-0.1, -0.05) is 60.7 Å². The molecule has 0 spiro atoms. The van der Waals surface area contributed by atoms with E-state index in [1.807, 2.05) is 91.0 Å². The maximum atomic E-state index is 12.2. The Morgan fingerprint density at radius 3 is 1.63 bits per heavy atom. The number of fused-ring (bicyclic) bond motifs is 6. The van der Waals surface area contributed by atoms with Crippen molar-refractivity contribution in [2.45, 2.75) is 6.92 Å². The molecule has 0 atom stereocenters. The van der Waals surface area contributed by atoms with Crippen molar-refractivity contribution in [3.63, 3.8) is 0 Å². The Bertz CT molecular complexity index is 2450. The minimum Gasteiger partial charge on any atom is -0.618 e. The van der Waals surface area contributed by atoms with Crippen molar-refractivity contribution in [3.8, 4) is 34.0 Å². The van der Waals surface area contributed by atoms with Gasteiger partial charge in [-0.05, 0) is 54.6 Å². The number of rotatable bonds is 4. The molecule has 4 aromatic carbocycles. The van der Waals surface area contributed by atoms with Crippen LogP contribution in [0.1, 0.15) is 6.92 Å². The molecule has 0 amide bonds. The molecule has 8 rings (SSSR count). The second-order valence-corrected chi connectivity index (χ2v) is 10.9. The molecular formula is C40H34N4O7. The van der Waals surface area contributed by atoms with Crippen LogP contribution in [0.15, 0.2) is 134 Å². The van der Waals surface area contributed by atoms with Crippen molar-refractivity contribution in [1.29, 1.82) is 0 Å². The molecule has 0 radical (unpaired) electrons. The van der Waals surface area contributed by atoms with Crippen molar-refractivity contribution >= 4 is 49.6 Å². The fourth-order valence-corrected chi connectivity index (χ4v) is 5.59. The van der Waals surface area contributed by atoms with Crippen LogP contribution in [0, 0.1) is 5.21 Å². The van der Waals surface area contributed by atoms with Crippen LogP contribution in [-0.4, -0.2) is 50.8 Å². The number of hydrogen-bond acceptors (Lipinski definition) is 9. The van der Waals surface area contributed by atoms with Crippen LogP contribution in [0.3, 0.4) is 0 Å². The summed E-state index contributed by atoms with van der Waals surface area (Å²) in [6, 6.07) is 39.4. The molecule has 0 saturated carbocycles. The number of benzene rings is 4. The molecular weight excluding hydrogens is 648 g/mol. The van der Waals surface area contributed by atoms with Crippen LogP contribution < -0.4 is 14.2 Å². The molecule has 0 aliphatic rings. The number of nitrogens with zero attached hydrogens (tertiary/aromatic N) is 4. The van der Waals surface area contributed by atoms with E-state index in [0.29, 0.717) is 11.0 Å². The van der Waals surface area contributed by atoms with E-state index in [1.165, 1.54) is 6.20 Å². The van der Waals surface area contributed by atoms with E-state index in [-0.39, 0.29) is 0 Å². The lowest BCUT2D eigenvalue weighted by molar-refractivity contribution is -0.576. The van der Waals surface area contributed by atoms with Crippen LogP contribution in [0.5, 0.6) is 11.5 Å². The highest BCUT2D eigenvalue weighted by Gasteiger charge is 2.13. The summed E-state index contributed by atoms with van der Waals surface area (Å²) in [4.78, 5) is 23.1. The summed E-state index contributed by atoms with van der Waals surface area (Å²) in [6.45, 7) is 1.08. The van der Waals surface area contributed by atoms with Crippen molar-refractivity contribution in [2.24, 2.45) is 0 Å². The smallest absolute Gasteiger partial charge is 0.300 e. The second-order valence-electron chi connectivity index (χ2n) is 10.9. The van der Waals surface area contributed by atoms with Gasteiger partial charge in [-0.3, -0.25) is 20.3 Å². The van der Waals surface area contributed by atoms with E-state index in [4.69, 9.17) is 39.9 Å². The number of methoxy groups -OCH3 is 2. The third-order valence-electron chi connectivity index (χ3n) is 7.78. The number of hydrogen-bond donors (Lipinski definition) is 3. The van der Waals surface area contributed by atoms with Crippen LogP contribution in [0.4, 0.5) is 0 Å². The Morgan fingerprint density at radius 1 is 0.608 bits per heavy atom. The molecule has 4 heterocycles. The van der Waals surface area contributed by atoms with Crippen molar-refractivity contribution < 1.29 is 34.6 Å². The summed E-state index contributed by atoms with van der Waals surface area (Å²) >= 11 is 0. The molecule has 256 valence electrons. The molecule has 3 N–H and O–H groups in total. The minimum absolute atomic E-state index is 0.585. The normalized spacial score (nSPS) is 10.3. The summed E-state index contributed by atoms with van der Waals surface area (Å²) in [6.07, 6.45) is 3.30. The molecule has 0 fully saturated rings. The number of carboxylic acid groups (broad SMARTS) is 1. The first-order valence-electron chi connectivity index (χ1n) is 15.6. The lowest BCUT2D eigenvalue weighted by Crippen LogP contribution is -2.26. The van der Waals surface area contributed by atoms with Gasteiger partial charge in [0.05, 0.1) is 42.0 Å². The van der Waals surface area contributed by atoms with Gasteiger partial charge in [0.25, 0.3) is 5.97 Å². The minimum atomic E-state index is -0.833. The maximum absolute atomic E-state index is 12.2. The number of pyridine rings is 4. The largest absolute Gasteiger partial charge is 0.618 e. The molecule has 0 aliphatic carbocycles. The van der Waals surface area contributed by atoms with Gasteiger partial charge in [-0.25, -0.2) is 9.97 Å². The predicted molar refractivity (Wildman–Crippen MR) is 198 cm³/mol. The Labute approximate surface area is 292 Å². The van der Waals surface area contributed by atoms with Crippen molar-refractivity contribution in [3.05, 3.63) is 139 Å². The van der Waals surface area contributed by atoms with Crippen LogP contribution in [0.2, 0.25) is 0 Å². The highest BCUT2D eigenvalue weighted by atomic mass is 17.0. The van der Waals surface area contributed by atoms with E-state index in [1.54, 1.807) is 26.5 Å². The van der Waals surface area contributed by atoms with Gasteiger partial charge in [-0.15, -0.1) is 0 Å². The van der Waals surface area contributed by atoms with E-state index < -0.39 is 5.97 Å². The molecule has 11 nitrogen and oxygen atoms in total. The van der Waals surface area contributed by atoms with Crippen LogP contribution in [0.25, 0.3) is 66.1 Å². The van der Waals surface area contributed by atoms with Gasteiger partial charge in [0, 0.05) is 46.5 Å². The van der Waals surface area contributed by atoms with E-state index in [9.17, 15) is 5.21 Å². The standard InChI is InChI=1S/C19H14N2O2.C19H14N2O.C2H4O2.H2O2/c1-23-17-7-3-2-6-15(17)16-11-10-13-8-9-14-5-4-12-21(22)19(14)18(13)20-16;1-22-17-7-3-2-6-15(17)16-11-10-14-9-8-13-5-4-12-20-18(13)19(14)21-16;1-2(3)4;1-2/h2-12H,1H3;2-12H,1H3;1H3,(H,3,4);1-2H. The zero-order valence-electron chi connectivity index (χ0n) is 28.0. The molecule has 0 bridgehead atoms. The number of aromatic nitrogens is 4. The van der Waals surface area contributed by atoms with Gasteiger partial charge in [-0.2, -0.15) is 4.73 Å². The Hall–Kier alpha value is -6.69. The Balaban J connectivity index is 0.000000172. The van der Waals surface area contributed by atoms with Crippen molar-refractivity contribution in [1.82, 2.24) is 15.0 Å². The van der Waals surface area contributed by atoms with Crippen molar-refractivity contribution in [2.75, 3.05) is 14.2 Å². The van der Waals surface area contributed by atoms with Gasteiger partial charge in [0.15, 0.2) is 6.20 Å². The zero-order valence-corrected chi connectivity index (χ0v) is 28.0. The average molecular weight is 683 g/mol. The van der Waals surface area contributed by atoms with Gasteiger partial charge >= 0.3 is 0 Å². The molecule has 51 heavy (non-hydrogen) atoms. The molecule has 11 heteroatoms. The third kappa shape index (κ3) is 7.97. The van der Waals surface area contributed by atoms with Crippen LogP contribution in [-0.2, 0) is 4.79 Å². The van der Waals surface area contributed by atoms with Gasteiger partial charge < -0.3 is 19.8 Å². The highest BCUT2D eigenvalue weighted by Crippen LogP contribution is 2.32. The average Bonchev–Trinajstić information content (AvgIpc) is 3.18. The number of ether oxygens (including phenoxy) is 2.